The fourth-order valence-electron chi connectivity index (χ4n) is 3.79. The van der Waals surface area contributed by atoms with Gasteiger partial charge in [-0.05, 0) is 74.2 Å². The summed E-state index contributed by atoms with van der Waals surface area (Å²) in [7, 11) is 0. The van der Waals surface area contributed by atoms with E-state index in [-0.39, 0.29) is 0 Å². The highest BCUT2D eigenvalue weighted by atomic mass is 16.5. The van der Waals surface area contributed by atoms with E-state index in [2.05, 4.69) is 25.6 Å². The van der Waals surface area contributed by atoms with Crippen molar-refractivity contribution < 1.29 is 14.6 Å². The summed E-state index contributed by atoms with van der Waals surface area (Å²) < 4.78 is 13.6. The largest absolute Gasteiger partial charge is 0.494 e. The van der Waals surface area contributed by atoms with Gasteiger partial charge in [0, 0.05) is 17.9 Å². The smallest absolute Gasteiger partial charge is 0.229 e. The Morgan fingerprint density at radius 2 is 1.62 bits per heavy atom. The van der Waals surface area contributed by atoms with Gasteiger partial charge in [0.05, 0.1) is 19.4 Å². The van der Waals surface area contributed by atoms with Gasteiger partial charge in [0.15, 0.2) is 5.65 Å². The van der Waals surface area contributed by atoms with Crippen LogP contribution in [0, 0.1) is 0 Å². The topological polar surface area (TPSA) is 106 Å². The van der Waals surface area contributed by atoms with Crippen LogP contribution in [0.1, 0.15) is 25.7 Å². The lowest BCUT2D eigenvalue weighted by atomic mass is 10.2. The van der Waals surface area contributed by atoms with Crippen molar-refractivity contribution in [1.29, 1.82) is 0 Å². The Morgan fingerprint density at radius 1 is 0.882 bits per heavy atom. The van der Waals surface area contributed by atoms with Gasteiger partial charge in [0.25, 0.3) is 0 Å². The average molecular weight is 461 g/mol. The number of benzene rings is 2. The number of nitrogens with zero attached hydrogens (tertiary/aromatic N) is 4. The second kappa shape index (κ2) is 10.5. The maximum Gasteiger partial charge on any atom is 0.229 e. The molecule has 4 aromatic rings. The predicted molar refractivity (Wildman–Crippen MR) is 130 cm³/mol. The molecule has 3 aliphatic heterocycles. The fourth-order valence-corrected chi connectivity index (χ4v) is 3.79. The fraction of sp³-hybridized carbons (Fsp3) is 0.320. The van der Waals surface area contributed by atoms with Gasteiger partial charge in [0.2, 0.25) is 5.95 Å². The van der Waals surface area contributed by atoms with E-state index in [1.54, 1.807) is 12.5 Å². The normalized spacial score (nSPS) is 17.6. The second-order valence-electron chi connectivity index (χ2n) is 8.18. The molecule has 9 heteroatoms. The van der Waals surface area contributed by atoms with Crippen LogP contribution < -0.4 is 20.1 Å². The van der Waals surface area contributed by atoms with Crippen molar-refractivity contribution >= 4 is 22.8 Å². The number of rotatable bonds is 0. The summed E-state index contributed by atoms with van der Waals surface area (Å²) in [6, 6.07) is 15.5. The van der Waals surface area contributed by atoms with Crippen molar-refractivity contribution in [3.05, 3.63) is 61.1 Å². The zero-order chi connectivity index (χ0) is 23.2. The van der Waals surface area contributed by atoms with Crippen molar-refractivity contribution in [2.45, 2.75) is 31.9 Å². The molecule has 3 N–H and O–H groups in total. The molecule has 2 aromatic carbocycles. The van der Waals surface area contributed by atoms with Crippen molar-refractivity contribution in [2.75, 3.05) is 25.1 Å². The number of hydrogen-bond acceptors (Lipinski definition) is 8. The molecule has 34 heavy (non-hydrogen) atoms. The van der Waals surface area contributed by atoms with Crippen LogP contribution in [0.4, 0.5) is 11.6 Å². The zero-order valence-corrected chi connectivity index (χ0v) is 18.9. The van der Waals surface area contributed by atoms with Crippen molar-refractivity contribution in [1.82, 2.24) is 24.8 Å². The van der Waals surface area contributed by atoms with E-state index in [0.29, 0.717) is 43.3 Å². The van der Waals surface area contributed by atoms with E-state index in [1.807, 2.05) is 53.1 Å². The molecule has 0 aliphatic carbocycles. The highest BCUT2D eigenvalue weighted by Gasteiger charge is 2.10. The molecule has 2 aromatic heterocycles. The van der Waals surface area contributed by atoms with Crippen LogP contribution in [0.2, 0.25) is 0 Å². The van der Waals surface area contributed by atoms with Crippen LogP contribution in [0.5, 0.6) is 11.5 Å². The van der Waals surface area contributed by atoms with Gasteiger partial charge in [-0.25, -0.2) is 9.97 Å². The molecule has 6 bridgehead atoms. The number of hydrogen-bond donors (Lipinski definition) is 3. The Hall–Kier alpha value is -3.69. The molecular weight excluding hydrogens is 432 g/mol. The lowest BCUT2D eigenvalue weighted by Gasteiger charge is -2.14. The Labute approximate surface area is 197 Å². The van der Waals surface area contributed by atoms with Crippen LogP contribution in [-0.2, 0) is 0 Å². The van der Waals surface area contributed by atoms with Crippen LogP contribution in [0.3, 0.4) is 0 Å². The third-order valence-corrected chi connectivity index (χ3v) is 5.63. The van der Waals surface area contributed by atoms with Crippen molar-refractivity contribution in [2.24, 2.45) is 0 Å². The van der Waals surface area contributed by atoms with Gasteiger partial charge in [0.1, 0.15) is 29.6 Å². The minimum absolute atomic E-state index is 0.488. The minimum atomic E-state index is -0.512. The van der Waals surface area contributed by atoms with Crippen LogP contribution >= 0.6 is 0 Å². The van der Waals surface area contributed by atoms with Gasteiger partial charge >= 0.3 is 0 Å². The third-order valence-electron chi connectivity index (χ3n) is 5.63. The second-order valence-corrected chi connectivity index (χ2v) is 8.18. The number of aliphatic hydroxyl groups is 1. The van der Waals surface area contributed by atoms with Crippen LogP contribution in [-0.4, -0.2) is 50.6 Å². The minimum Gasteiger partial charge on any atom is -0.494 e. The van der Waals surface area contributed by atoms with Gasteiger partial charge in [-0.1, -0.05) is 0 Å². The monoisotopic (exact) mass is 460 g/mol. The van der Waals surface area contributed by atoms with Crippen molar-refractivity contribution in [3.8, 4) is 17.2 Å². The molecular formula is C25H28N6O3. The van der Waals surface area contributed by atoms with Gasteiger partial charge in [-0.15, -0.1) is 0 Å². The van der Waals surface area contributed by atoms with Gasteiger partial charge in [-0.3, -0.25) is 9.88 Å². The summed E-state index contributed by atoms with van der Waals surface area (Å²) in [5, 5.41) is 16.5. The number of anilines is 2. The third kappa shape index (κ3) is 5.44. The number of nitrogens with one attached hydrogen (secondary N) is 2. The van der Waals surface area contributed by atoms with E-state index in [1.165, 1.54) is 0 Å². The molecule has 9 nitrogen and oxygen atoms in total. The molecule has 0 saturated carbocycles. The Kier molecular flexibility index (Phi) is 6.83. The highest BCUT2D eigenvalue weighted by Crippen LogP contribution is 2.22. The summed E-state index contributed by atoms with van der Waals surface area (Å²) in [6.45, 7) is 1.87. The summed E-state index contributed by atoms with van der Waals surface area (Å²) in [4.78, 5) is 13.5. The highest BCUT2D eigenvalue weighted by molar-refractivity contribution is 5.74. The molecule has 1 atom stereocenters. The first kappa shape index (κ1) is 22.1. The quantitative estimate of drug-likeness (QED) is 0.364. The molecule has 176 valence electrons. The molecule has 0 saturated heterocycles. The lowest BCUT2D eigenvalue weighted by molar-refractivity contribution is 0.120. The van der Waals surface area contributed by atoms with E-state index >= 15 is 0 Å². The van der Waals surface area contributed by atoms with E-state index in [0.717, 1.165) is 42.1 Å². The Morgan fingerprint density at radius 3 is 2.41 bits per heavy atom. The van der Waals surface area contributed by atoms with E-state index in [4.69, 9.17) is 9.47 Å². The van der Waals surface area contributed by atoms with Gasteiger partial charge < -0.3 is 19.9 Å². The number of imidazole rings is 1. The molecule has 1 unspecified atom stereocenters. The Balaban J connectivity index is 1.38. The van der Waals surface area contributed by atoms with Crippen LogP contribution in [0.15, 0.2) is 61.1 Å². The van der Waals surface area contributed by atoms with E-state index < -0.39 is 6.23 Å². The number of aliphatic hydroxyl groups excluding tert-OH is 1. The molecule has 0 spiro atoms. The number of aromatic nitrogens is 4. The maximum atomic E-state index is 10.1. The van der Waals surface area contributed by atoms with Crippen molar-refractivity contribution in [3.63, 3.8) is 0 Å². The first-order chi connectivity index (χ1) is 16.7. The first-order valence-electron chi connectivity index (χ1n) is 11.6. The molecule has 7 rings (SSSR count). The van der Waals surface area contributed by atoms with E-state index in [9.17, 15) is 5.11 Å². The lowest BCUT2D eigenvalue weighted by Crippen LogP contribution is -2.30. The maximum absolute atomic E-state index is 10.1. The standard InChI is InChI=1S/C25H28N6O3/c32-23-4-1-2-14-33-21-11-7-19(8-12-21)31-17-28-22-16-27-25(30-24(22)31)29-18-5-9-20(10-6-18)34-15-3-13-26-23/h5-12,16-17,23,26,32H,1-4,13-15H2,(H,27,29,30). The number of ether oxygens (including phenoxy) is 2. The van der Waals surface area contributed by atoms with Crippen LogP contribution in [0.25, 0.3) is 16.9 Å². The summed E-state index contributed by atoms with van der Waals surface area (Å²) in [5.41, 5.74) is 3.23. The summed E-state index contributed by atoms with van der Waals surface area (Å²) in [6.07, 6.45) is 6.19. The summed E-state index contributed by atoms with van der Waals surface area (Å²) in [5.74, 6) is 2.09. The Bertz CT molecular complexity index is 1210. The SMILES string of the molecule is OC1CCCCOc2ccc(cc2)-n2cnc3cnc(nc32)Nc2ccc(cc2)OCCCN1. The zero-order valence-electron chi connectivity index (χ0n) is 18.9. The van der Waals surface area contributed by atoms with Gasteiger partial charge in [-0.2, -0.15) is 4.98 Å². The molecule has 5 heterocycles. The average Bonchev–Trinajstić information content (AvgIpc) is 3.28. The molecule has 0 radical (unpaired) electrons. The molecule has 0 amide bonds. The molecule has 0 fully saturated rings. The summed E-state index contributed by atoms with van der Waals surface area (Å²) >= 11 is 0. The first-order valence-corrected chi connectivity index (χ1v) is 11.6. The molecule has 3 aliphatic rings. The predicted octanol–water partition coefficient (Wildman–Crippen LogP) is 3.80. The number of fused-ring (bicyclic) bond motifs is 2.